The fourth-order valence-corrected chi connectivity index (χ4v) is 1.46. The maximum Gasteiger partial charge on any atom is 0.125 e. The fourth-order valence-electron chi connectivity index (χ4n) is 1.46. The quantitative estimate of drug-likeness (QED) is 0.614. The van der Waals surface area contributed by atoms with E-state index in [2.05, 4.69) is 57.0 Å². The van der Waals surface area contributed by atoms with Crippen LogP contribution in [-0.2, 0) is 5.41 Å². The van der Waals surface area contributed by atoms with E-state index in [1.165, 1.54) is 5.56 Å². The molecule has 16 heavy (non-hydrogen) atoms. The van der Waals surface area contributed by atoms with Gasteiger partial charge in [0.05, 0.1) is 0 Å². The molecule has 1 aromatic carbocycles. The van der Waals surface area contributed by atoms with Gasteiger partial charge in [0.1, 0.15) is 5.84 Å². The first kappa shape index (κ1) is 12.8. The highest BCUT2D eigenvalue weighted by Crippen LogP contribution is 2.22. The van der Waals surface area contributed by atoms with E-state index in [0.717, 1.165) is 18.5 Å². The van der Waals surface area contributed by atoms with Gasteiger partial charge in [-0.2, -0.15) is 0 Å². The minimum atomic E-state index is 0.188. The normalized spacial score (nSPS) is 12.9. The zero-order valence-corrected chi connectivity index (χ0v) is 10.7. The van der Waals surface area contributed by atoms with Crippen molar-refractivity contribution in [2.45, 2.75) is 39.5 Å². The van der Waals surface area contributed by atoms with Crippen LogP contribution in [-0.4, -0.2) is 12.4 Å². The molecule has 0 spiro atoms. The Balaban J connectivity index is 2.87. The van der Waals surface area contributed by atoms with Crippen LogP contribution in [0.5, 0.6) is 0 Å². The van der Waals surface area contributed by atoms with Gasteiger partial charge in [0, 0.05) is 12.1 Å². The van der Waals surface area contributed by atoms with E-state index < -0.39 is 0 Å². The highest BCUT2D eigenvalue weighted by atomic mass is 14.8. The number of rotatable bonds is 3. The first-order valence-corrected chi connectivity index (χ1v) is 5.86. The number of nitrogens with zero attached hydrogens (tertiary/aromatic N) is 1. The Labute approximate surface area is 98.6 Å². The van der Waals surface area contributed by atoms with Gasteiger partial charge in [-0.3, -0.25) is 4.99 Å². The van der Waals surface area contributed by atoms with Gasteiger partial charge in [0.15, 0.2) is 0 Å². The lowest BCUT2D eigenvalue weighted by atomic mass is 9.86. The summed E-state index contributed by atoms with van der Waals surface area (Å²) in [6, 6.07) is 8.36. The van der Waals surface area contributed by atoms with Crippen molar-refractivity contribution >= 4 is 5.84 Å². The van der Waals surface area contributed by atoms with Crippen molar-refractivity contribution in [3.63, 3.8) is 0 Å². The van der Waals surface area contributed by atoms with E-state index in [-0.39, 0.29) is 5.41 Å². The second kappa shape index (κ2) is 5.15. The summed E-state index contributed by atoms with van der Waals surface area (Å²) in [7, 11) is 0. The van der Waals surface area contributed by atoms with Gasteiger partial charge in [-0.05, 0) is 17.4 Å². The summed E-state index contributed by atoms with van der Waals surface area (Å²) in [5, 5.41) is 0. The molecule has 0 bridgehead atoms. The molecule has 0 radical (unpaired) electrons. The molecule has 0 aliphatic rings. The van der Waals surface area contributed by atoms with Gasteiger partial charge < -0.3 is 5.73 Å². The third-order valence-corrected chi connectivity index (χ3v) is 2.55. The summed E-state index contributed by atoms with van der Waals surface area (Å²) in [6.07, 6.45) is 1.03. The maximum absolute atomic E-state index is 5.89. The molecule has 0 unspecified atom stereocenters. The molecule has 2 N–H and O–H groups in total. The third kappa shape index (κ3) is 3.37. The molecule has 0 atom stereocenters. The van der Waals surface area contributed by atoms with E-state index in [1.54, 1.807) is 0 Å². The summed E-state index contributed by atoms with van der Waals surface area (Å²) in [5.41, 5.74) is 8.41. The largest absolute Gasteiger partial charge is 0.384 e. The Morgan fingerprint density at radius 2 is 1.75 bits per heavy atom. The van der Waals surface area contributed by atoms with Crippen molar-refractivity contribution in [2.75, 3.05) is 6.54 Å². The van der Waals surface area contributed by atoms with Gasteiger partial charge >= 0.3 is 0 Å². The molecular formula is C14H22N2. The lowest BCUT2D eigenvalue weighted by Crippen LogP contribution is -2.15. The lowest BCUT2D eigenvalue weighted by molar-refractivity contribution is 0.590. The molecule has 0 fully saturated rings. The lowest BCUT2D eigenvalue weighted by Gasteiger charge is -2.19. The molecule has 0 aliphatic carbocycles. The standard InChI is InChI=1S/C14H22N2/c1-5-10-16-13(15)11-6-8-12(9-7-11)14(2,3)4/h6-9H,5,10H2,1-4H3,(H2,15,16). The third-order valence-electron chi connectivity index (χ3n) is 2.55. The molecule has 0 aliphatic heterocycles. The van der Waals surface area contributed by atoms with Crippen molar-refractivity contribution in [3.05, 3.63) is 35.4 Å². The number of aliphatic imine (C=N–C) groups is 1. The van der Waals surface area contributed by atoms with Crippen LogP contribution in [0.25, 0.3) is 0 Å². The first-order valence-electron chi connectivity index (χ1n) is 5.86. The van der Waals surface area contributed by atoms with Crippen LogP contribution in [0.1, 0.15) is 45.2 Å². The van der Waals surface area contributed by atoms with Gasteiger partial charge in [-0.15, -0.1) is 0 Å². The molecule has 2 heteroatoms. The molecule has 2 nitrogen and oxygen atoms in total. The molecule has 0 heterocycles. The average Bonchev–Trinajstić information content (AvgIpc) is 2.25. The zero-order valence-electron chi connectivity index (χ0n) is 10.7. The molecule has 0 saturated heterocycles. The van der Waals surface area contributed by atoms with Crippen molar-refractivity contribution in [3.8, 4) is 0 Å². The Morgan fingerprint density at radius 3 is 2.19 bits per heavy atom. The SMILES string of the molecule is CCCN=C(N)c1ccc(C(C)(C)C)cc1. The predicted octanol–water partition coefficient (Wildman–Crippen LogP) is 3.10. The van der Waals surface area contributed by atoms with Crippen LogP contribution in [0, 0.1) is 0 Å². The number of nitrogens with two attached hydrogens (primary N) is 1. The zero-order chi connectivity index (χ0) is 12.2. The predicted molar refractivity (Wildman–Crippen MR) is 71.0 cm³/mol. The summed E-state index contributed by atoms with van der Waals surface area (Å²) in [5.74, 6) is 0.641. The Bertz CT molecular complexity index is 355. The van der Waals surface area contributed by atoms with Crippen LogP contribution >= 0.6 is 0 Å². The summed E-state index contributed by atoms with van der Waals surface area (Å²) >= 11 is 0. The Kier molecular flexibility index (Phi) is 4.11. The second-order valence-corrected chi connectivity index (χ2v) is 5.09. The monoisotopic (exact) mass is 218 g/mol. The van der Waals surface area contributed by atoms with Crippen molar-refractivity contribution in [1.82, 2.24) is 0 Å². The first-order chi connectivity index (χ1) is 7.45. The molecular weight excluding hydrogens is 196 g/mol. The smallest absolute Gasteiger partial charge is 0.125 e. The number of hydrogen-bond donors (Lipinski definition) is 1. The fraction of sp³-hybridized carbons (Fsp3) is 0.500. The Hall–Kier alpha value is -1.31. The van der Waals surface area contributed by atoms with Crippen molar-refractivity contribution < 1.29 is 0 Å². The molecule has 0 amide bonds. The molecule has 0 aromatic heterocycles. The summed E-state index contributed by atoms with van der Waals surface area (Å²) in [4.78, 5) is 4.30. The van der Waals surface area contributed by atoms with Gasteiger partial charge in [0.25, 0.3) is 0 Å². The van der Waals surface area contributed by atoms with Crippen LogP contribution < -0.4 is 5.73 Å². The molecule has 0 saturated carbocycles. The number of amidine groups is 1. The molecule has 1 rings (SSSR count). The van der Waals surface area contributed by atoms with Crippen LogP contribution in [0.3, 0.4) is 0 Å². The van der Waals surface area contributed by atoms with E-state index in [4.69, 9.17) is 5.73 Å². The highest BCUT2D eigenvalue weighted by molar-refractivity contribution is 5.97. The summed E-state index contributed by atoms with van der Waals surface area (Å²) < 4.78 is 0. The number of benzene rings is 1. The van der Waals surface area contributed by atoms with E-state index in [1.807, 2.05) is 0 Å². The average molecular weight is 218 g/mol. The van der Waals surface area contributed by atoms with E-state index in [9.17, 15) is 0 Å². The molecule has 88 valence electrons. The van der Waals surface area contributed by atoms with E-state index in [0.29, 0.717) is 5.84 Å². The van der Waals surface area contributed by atoms with Gasteiger partial charge in [0.2, 0.25) is 0 Å². The topological polar surface area (TPSA) is 38.4 Å². The minimum absolute atomic E-state index is 0.188. The molecule has 1 aromatic rings. The van der Waals surface area contributed by atoms with Crippen LogP contribution in [0.4, 0.5) is 0 Å². The summed E-state index contributed by atoms with van der Waals surface area (Å²) in [6.45, 7) is 9.51. The van der Waals surface area contributed by atoms with Crippen molar-refractivity contribution in [1.29, 1.82) is 0 Å². The highest BCUT2D eigenvalue weighted by Gasteiger charge is 2.13. The van der Waals surface area contributed by atoms with Crippen LogP contribution in [0.2, 0.25) is 0 Å². The van der Waals surface area contributed by atoms with Crippen molar-refractivity contribution in [2.24, 2.45) is 10.7 Å². The second-order valence-electron chi connectivity index (χ2n) is 5.09. The van der Waals surface area contributed by atoms with Crippen LogP contribution in [0.15, 0.2) is 29.3 Å². The van der Waals surface area contributed by atoms with Gasteiger partial charge in [-0.25, -0.2) is 0 Å². The maximum atomic E-state index is 5.89. The minimum Gasteiger partial charge on any atom is -0.384 e. The van der Waals surface area contributed by atoms with E-state index >= 15 is 0 Å². The Morgan fingerprint density at radius 1 is 1.19 bits per heavy atom. The number of hydrogen-bond acceptors (Lipinski definition) is 1. The van der Waals surface area contributed by atoms with Gasteiger partial charge in [-0.1, -0.05) is 52.0 Å².